The second-order valence-corrected chi connectivity index (χ2v) is 15.0. The molecular weight excluding hydrogens is 468 g/mol. The summed E-state index contributed by atoms with van der Waals surface area (Å²) in [6, 6.07) is 6.58. The predicted octanol–water partition coefficient (Wildman–Crippen LogP) is 6.66. The Balaban J connectivity index is 1.13. The quantitative estimate of drug-likeness (QED) is 0.457. The van der Waals surface area contributed by atoms with Crippen LogP contribution >= 0.6 is 0 Å². The van der Waals surface area contributed by atoms with Gasteiger partial charge in [0.15, 0.2) is 15.9 Å². The molecule has 5 nitrogen and oxygen atoms in total. The summed E-state index contributed by atoms with van der Waals surface area (Å²) in [7, 11) is 0. The highest BCUT2D eigenvalue weighted by Crippen LogP contribution is 2.58. The first-order valence-electron chi connectivity index (χ1n) is 14.4. The van der Waals surface area contributed by atoms with Crippen molar-refractivity contribution in [3.8, 4) is 0 Å². The Kier molecular flexibility index (Phi) is 5.92. The smallest absolute Gasteiger partial charge is 0.173 e. The lowest BCUT2D eigenvalue weighted by atomic mass is 9.65. The SMILES string of the molecule is C[C@@H]1CC[C@@H](c2ccoc2)N2CC[C@@]3(C[C@@H]12)C[S+](O)[C@@]1(CC[C@H]2[C@H](C)CC[C@@H](c4ccoc4)N2C1)C3. The van der Waals surface area contributed by atoms with Crippen molar-refractivity contribution in [3.05, 3.63) is 48.3 Å². The van der Waals surface area contributed by atoms with Crippen LogP contribution in [0.15, 0.2) is 46.0 Å². The lowest BCUT2D eigenvalue weighted by Gasteiger charge is -2.53. The molecule has 5 aliphatic rings. The van der Waals surface area contributed by atoms with Gasteiger partial charge >= 0.3 is 0 Å². The van der Waals surface area contributed by atoms with Gasteiger partial charge in [-0.05, 0) is 75.5 Å². The van der Waals surface area contributed by atoms with E-state index in [-0.39, 0.29) is 4.75 Å². The molecule has 9 atom stereocenters. The number of fused-ring (bicyclic) bond motifs is 2. The van der Waals surface area contributed by atoms with Crippen LogP contribution in [-0.2, 0) is 11.2 Å². The van der Waals surface area contributed by atoms with E-state index in [1.54, 1.807) is 0 Å². The van der Waals surface area contributed by atoms with Crippen molar-refractivity contribution in [1.82, 2.24) is 9.80 Å². The van der Waals surface area contributed by atoms with Crippen LogP contribution in [0.1, 0.15) is 94.8 Å². The average Bonchev–Trinajstić information content (AvgIpc) is 3.63. The van der Waals surface area contributed by atoms with Crippen molar-refractivity contribution in [2.24, 2.45) is 17.3 Å². The molecule has 196 valence electrons. The van der Waals surface area contributed by atoms with E-state index < -0.39 is 11.2 Å². The summed E-state index contributed by atoms with van der Waals surface area (Å²) >= 11 is -0.503. The highest BCUT2D eigenvalue weighted by molar-refractivity contribution is 7.93. The van der Waals surface area contributed by atoms with Gasteiger partial charge in [-0.15, -0.1) is 0 Å². The minimum Gasteiger partial charge on any atom is -0.472 e. The standard InChI is InChI=1S/C30H43N2O3S/c1-21-3-6-27(24-9-14-35-17-24)32-19-30(10-7-25(21)32)18-29(20-36(30)33)11-12-31-26(23-8-13-34-16-23)5-4-22(2)28(31)15-29/h8-9,13-14,16-17,21-22,25-28,33H,3-7,10-12,15,18-20H2,1-2H3/q+1/t21-,22-,25+,26+,27+,28+,29+,30+,36?/m1/s1. The molecule has 2 spiro atoms. The van der Waals surface area contributed by atoms with Crippen molar-refractivity contribution >= 4 is 11.2 Å². The number of furan rings is 2. The van der Waals surface area contributed by atoms with Crippen LogP contribution < -0.4 is 0 Å². The second kappa shape index (κ2) is 8.93. The first-order chi connectivity index (χ1) is 17.5. The molecule has 7 rings (SSSR count). The van der Waals surface area contributed by atoms with Gasteiger partial charge in [0.25, 0.3) is 0 Å². The maximum absolute atomic E-state index is 11.8. The Hall–Kier alpha value is -1.21. The van der Waals surface area contributed by atoms with E-state index in [9.17, 15) is 4.55 Å². The second-order valence-electron chi connectivity index (χ2n) is 13.2. The summed E-state index contributed by atoms with van der Waals surface area (Å²) in [5.41, 5.74) is 3.00. The third-order valence-corrected chi connectivity index (χ3v) is 13.5. The lowest BCUT2D eigenvalue weighted by molar-refractivity contribution is -0.0409. The summed E-state index contributed by atoms with van der Waals surface area (Å²) in [6.45, 7) is 7.16. The first-order valence-corrected chi connectivity index (χ1v) is 15.8. The molecular formula is C30H43N2O3S+. The fourth-order valence-electron chi connectivity index (χ4n) is 9.26. The van der Waals surface area contributed by atoms with Crippen LogP contribution in [0.4, 0.5) is 0 Å². The normalized spacial score (nSPS) is 45.7. The topological polar surface area (TPSA) is 53.0 Å². The molecule has 0 amide bonds. The molecule has 2 aromatic heterocycles. The van der Waals surface area contributed by atoms with Crippen LogP contribution in [0.2, 0.25) is 0 Å². The Morgan fingerprint density at radius 2 is 1.53 bits per heavy atom. The van der Waals surface area contributed by atoms with Gasteiger partial charge in [0.2, 0.25) is 0 Å². The van der Waals surface area contributed by atoms with Crippen molar-refractivity contribution in [3.63, 3.8) is 0 Å². The van der Waals surface area contributed by atoms with Crippen LogP contribution in [0.3, 0.4) is 0 Å². The zero-order valence-electron chi connectivity index (χ0n) is 22.0. The summed E-state index contributed by atoms with van der Waals surface area (Å²) in [6.07, 6.45) is 18.8. The number of hydrogen-bond donors (Lipinski definition) is 1. The summed E-state index contributed by atoms with van der Waals surface area (Å²) in [5.74, 6) is 2.50. The third-order valence-electron chi connectivity index (χ3n) is 11.2. The van der Waals surface area contributed by atoms with E-state index >= 15 is 0 Å². The molecule has 5 saturated heterocycles. The van der Waals surface area contributed by atoms with Crippen molar-refractivity contribution in [2.45, 2.75) is 101 Å². The van der Waals surface area contributed by atoms with E-state index in [0.717, 1.165) is 24.1 Å². The minimum absolute atomic E-state index is 0.0829. The Bertz CT molecular complexity index is 1040. The highest BCUT2D eigenvalue weighted by Gasteiger charge is 2.67. The van der Waals surface area contributed by atoms with E-state index in [0.29, 0.717) is 29.6 Å². The van der Waals surface area contributed by atoms with Crippen LogP contribution in [-0.4, -0.2) is 50.0 Å². The van der Waals surface area contributed by atoms with Gasteiger partial charge in [0.05, 0.1) is 31.6 Å². The molecule has 0 aliphatic carbocycles. The lowest BCUT2D eigenvalue weighted by Crippen LogP contribution is -2.59. The van der Waals surface area contributed by atoms with E-state index in [1.807, 2.05) is 25.1 Å². The summed E-state index contributed by atoms with van der Waals surface area (Å²) < 4.78 is 22.9. The van der Waals surface area contributed by atoms with Gasteiger partial charge in [-0.3, -0.25) is 9.80 Å². The van der Waals surface area contributed by atoms with Crippen LogP contribution in [0.5, 0.6) is 0 Å². The number of hydrogen-bond acceptors (Lipinski definition) is 5. The molecule has 2 aromatic rings. The van der Waals surface area contributed by atoms with E-state index in [2.05, 4.69) is 35.8 Å². The van der Waals surface area contributed by atoms with Gasteiger partial charge in [0.1, 0.15) is 5.75 Å². The van der Waals surface area contributed by atoms with Gasteiger partial charge in [-0.2, -0.15) is 4.55 Å². The Morgan fingerprint density at radius 1 is 0.861 bits per heavy atom. The molecule has 5 aliphatic heterocycles. The Morgan fingerprint density at radius 3 is 2.19 bits per heavy atom. The number of piperidine rings is 4. The molecule has 7 heterocycles. The number of nitrogens with zero attached hydrogens (tertiary/aromatic N) is 2. The molecule has 0 bridgehead atoms. The fourth-order valence-corrected chi connectivity index (χ4v) is 11.6. The predicted molar refractivity (Wildman–Crippen MR) is 144 cm³/mol. The third kappa shape index (κ3) is 3.77. The summed E-state index contributed by atoms with van der Waals surface area (Å²) in [4.78, 5) is 5.62. The van der Waals surface area contributed by atoms with Gasteiger partial charge in [0, 0.05) is 53.6 Å². The largest absolute Gasteiger partial charge is 0.472 e. The molecule has 0 saturated carbocycles. The van der Waals surface area contributed by atoms with Crippen LogP contribution in [0, 0.1) is 17.3 Å². The maximum atomic E-state index is 11.8. The minimum atomic E-state index is -0.503. The molecule has 0 aromatic carbocycles. The van der Waals surface area contributed by atoms with E-state index in [1.165, 1.54) is 75.5 Å². The fraction of sp³-hybridized carbons (Fsp3) is 0.733. The molecule has 6 heteroatoms. The van der Waals surface area contributed by atoms with Gasteiger partial charge in [-0.1, -0.05) is 13.8 Å². The van der Waals surface area contributed by atoms with E-state index in [4.69, 9.17) is 8.83 Å². The van der Waals surface area contributed by atoms with Crippen LogP contribution in [0.25, 0.3) is 0 Å². The van der Waals surface area contributed by atoms with Crippen molar-refractivity contribution in [2.75, 3.05) is 18.8 Å². The maximum Gasteiger partial charge on any atom is 0.173 e. The van der Waals surface area contributed by atoms with Gasteiger partial charge in [-0.25, -0.2) is 0 Å². The monoisotopic (exact) mass is 511 g/mol. The number of rotatable bonds is 2. The molecule has 1 N–H and O–H groups in total. The Labute approximate surface area is 219 Å². The van der Waals surface area contributed by atoms with Crippen molar-refractivity contribution < 1.29 is 13.4 Å². The molecule has 36 heavy (non-hydrogen) atoms. The van der Waals surface area contributed by atoms with Gasteiger partial charge < -0.3 is 8.83 Å². The highest BCUT2D eigenvalue weighted by atomic mass is 32.2. The average molecular weight is 512 g/mol. The summed E-state index contributed by atoms with van der Waals surface area (Å²) in [5, 5.41) is 0. The zero-order valence-corrected chi connectivity index (χ0v) is 22.8. The first kappa shape index (κ1) is 23.9. The van der Waals surface area contributed by atoms with Crippen molar-refractivity contribution in [1.29, 1.82) is 0 Å². The zero-order chi connectivity index (χ0) is 24.5. The molecule has 5 fully saturated rings. The molecule has 0 radical (unpaired) electrons. The molecule has 1 unspecified atom stereocenters.